The van der Waals surface area contributed by atoms with Gasteiger partial charge in [-0.25, -0.2) is 0 Å². The summed E-state index contributed by atoms with van der Waals surface area (Å²) in [6, 6.07) is 7.63. The molecular weight excluding hydrogens is 341 g/mol. The molecular formula is C21H31F3O2. The van der Waals surface area contributed by atoms with Crippen LogP contribution in [0.4, 0.5) is 13.2 Å². The molecule has 0 aliphatic heterocycles. The molecule has 1 unspecified atom stereocenters. The molecule has 148 valence electrons. The molecule has 0 aromatic heterocycles. The summed E-state index contributed by atoms with van der Waals surface area (Å²) in [4.78, 5) is 0. The highest BCUT2D eigenvalue weighted by molar-refractivity contribution is 5.27. The molecule has 5 heteroatoms. The molecule has 2 bridgehead atoms. The lowest BCUT2D eigenvalue weighted by molar-refractivity contribution is -0.235. The van der Waals surface area contributed by atoms with Crippen LogP contribution in [0.15, 0.2) is 24.3 Å². The van der Waals surface area contributed by atoms with Gasteiger partial charge < -0.3 is 9.47 Å². The third-order valence-electron chi connectivity index (χ3n) is 5.40. The Labute approximate surface area is 155 Å². The van der Waals surface area contributed by atoms with Crippen LogP contribution in [0, 0.1) is 11.3 Å². The summed E-state index contributed by atoms with van der Waals surface area (Å²) in [6.45, 7) is 4.86. The molecule has 0 N–H and O–H groups in total. The van der Waals surface area contributed by atoms with Gasteiger partial charge in [0.1, 0.15) is 12.4 Å². The van der Waals surface area contributed by atoms with Crippen LogP contribution in [0.3, 0.4) is 0 Å². The lowest BCUT2D eigenvalue weighted by Crippen LogP contribution is -2.40. The van der Waals surface area contributed by atoms with Crippen LogP contribution in [0.1, 0.15) is 64.9 Å². The van der Waals surface area contributed by atoms with Crippen molar-refractivity contribution in [3.05, 3.63) is 29.8 Å². The van der Waals surface area contributed by atoms with Gasteiger partial charge in [-0.1, -0.05) is 39.3 Å². The monoisotopic (exact) mass is 372 g/mol. The van der Waals surface area contributed by atoms with E-state index in [1.165, 1.54) is 5.56 Å². The number of halogens is 3. The van der Waals surface area contributed by atoms with Crippen molar-refractivity contribution in [3.8, 4) is 5.75 Å². The Balaban J connectivity index is 0.00000117. The maximum absolute atomic E-state index is 12.6. The molecule has 2 saturated carbocycles. The number of benzene rings is 1. The summed E-state index contributed by atoms with van der Waals surface area (Å²) in [6.07, 6.45) is 1.76. The highest BCUT2D eigenvalue weighted by Gasteiger charge is 2.52. The van der Waals surface area contributed by atoms with Crippen LogP contribution >= 0.6 is 0 Å². The van der Waals surface area contributed by atoms with Crippen molar-refractivity contribution < 1.29 is 22.6 Å². The molecule has 0 saturated heterocycles. The van der Waals surface area contributed by atoms with E-state index in [2.05, 4.69) is 6.92 Å². The fourth-order valence-corrected chi connectivity index (χ4v) is 4.22. The molecule has 1 aromatic carbocycles. The molecule has 1 aromatic rings. The number of hydrogen-bond donors (Lipinski definition) is 0. The van der Waals surface area contributed by atoms with Gasteiger partial charge in [-0.2, -0.15) is 13.2 Å². The fourth-order valence-electron chi connectivity index (χ4n) is 4.22. The van der Waals surface area contributed by atoms with Crippen LogP contribution in [0.2, 0.25) is 0 Å². The molecule has 0 radical (unpaired) electrons. The number of hydrogen-bond acceptors (Lipinski definition) is 2. The van der Waals surface area contributed by atoms with Crippen molar-refractivity contribution in [2.75, 3.05) is 6.61 Å². The molecule has 26 heavy (non-hydrogen) atoms. The average molecular weight is 372 g/mol. The van der Waals surface area contributed by atoms with Gasteiger partial charge in [-0.05, 0) is 62.1 Å². The first-order chi connectivity index (χ1) is 12.4. The molecule has 2 aliphatic rings. The van der Waals surface area contributed by atoms with Crippen molar-refractivity contribution in [1.82, 2.24) is 0 Å². The van der Waals surface area contributed by atoms with Crippen molar-refractivity contribution >= 4 is 0 Å². The highest BCUT2D eigenvalue weighted by atomic mass is 19.4. The second kappa shape index (κ2) is 9.12. The van der Waals surface area contributed by atoms with Crippen LogP contribution in [-0.2, 0) is 11.2 Å². The Hall–Kier alpha value is -1.23. The number of fused-ring (bicyclic) bond motifs is 2. The maximum Gasteiger partial charge on any atom is 0.411 e. The number of ether oxygens (including phenoxy) is 2. The van der Waals surface area contributed by atoms with Crippen molar-refractivity contribution in [2.45, 2.75) is 78.2 Å². The fraction of sp³-hybridized carbons (Fsp3) is 0.714. The topological polar surface area (TPSA) is 18.5 Å². The van der Waals surface area contributed by atoms with Gasteiger partial charge in [-0.3, -0.25) is 0 Å². The minimum Gasteiger partial charge on any atom is -0.464 e. The van der Waals surface area contributed by atoms with Gasteiger partial charge in [-0.15, -0.1) is 0 Å². The summed E-state index contributed by atoms with van der Waals surface area (Å²) >= 11 is 0. The minimum absolute atomic E-state index is 0.252. The molecule has 0 spiro atoms. The molecule has 2 aliphatic carbocycles. The van der Waals surface area contributed by atoms with E-state index in [0.29, 0.717) is 11.7 Å². The zero-order chi connectivity index (χ0) is 19.2. The van der Waals surface area contributed by atoms with Crippen LogP contribution < -0.4 is 4.74 Å². The minimum atomic E-state index is -4.33. The Kier molecular flexibility index (Phi) is 7.39. The third kappa shape index (κ3) is 5.38. The molecule has 0 heterocycles. The van der Waals surface area contributed by atoms with Crippen LogP contribution in [-0.4, -0.2) is 19.1 Å². The van der Waals surface area contributed by atoms with Crippen LogP contribution in [0.25, 0.3) is 0 Å². The van der Waals surface area contributed by atoms with E-state index in [1.54, 1.807) is 0 Å². The Bertz CT molecular complexity index is 531. The zero-order valence-corrected chi connectivity index (χ0v) is 16.1. The molecule has 2 nitrogen and oxygen atoms in total. The Morgan fingerprint density at radius 1 is 1.12 bits per heavy atom. The number of aryl methyl sites for hydroxylation is 1. The van der Waals surface area contributed by atoms with E-state index in [9.17, 15) is 13.2 Å². The van der Waals surface area contributed by atoms with Crippen molar-refractivity contribution in [2.24, 2.45) is 11.3 Å². The molecule has 1 atom stereocenters. The van der Waals surface area contributed by atoms with E-state index in [1.807, 2.05) is 38.1 Å². The maximum atomic E-state index is 12.6. The highest BCUT2D eigenvalue weighted by Crippen LogP contribution is 2.57. The van der Waals surface area contributed by atoms with Crippen molar-refractivity contribution in [3.63, 3.8) is 0 Å². The summed E-state index contributed by atoms with van der Waals surface area (Å²) in [5.74, 6) is 1.21. The first-order valence-electron chi connectivity index (χ1n) is 9.84. The van der Waals surface area contributed by atoms with E-state index in [-0.39, 0.29) is 5.41 Å². The predicted octanol–water partition coefficient (Wildman–Crippen LogP) is 6.53. The van der Waals surface area contributed by atoms with Crippen LogP contribution in [0.5, 0.6) is 5.75 Å². The third-order valence-corrected chi connectivity index (χ3v) is 5.40. The lowest BCUT2D eigenvalue weighted by Gasteiger charge is -2.35. The van der Waals surface area contributed by atoms with Gasteiger partial charge in [0.05, 0.1) is 0 Å². The average Bonchev–Trinajstić information content (AvgIpc) is 3.23. The number of rotatable bonds is 7. The Morgan fingerprint density at radius 2 is 1.73 bits per heavy atom. The van der Waals surface area contributed by atoms with Crippen molar-refractivity contribution in [1.29, 1.82) is 0 Å². The normalized spacial score (nSPS) is 25.5. The first-order valence-corrected chi connectivity index (χ1v) is 9.84. The van der Waals surface area contributed by atoms with E-state index < -0.39 is 19.1 Å². The standard InChI is InChI=1S/C19H25F3O2.C2H6/c1-2-3-14-4-6-16(7-5-14)24-17(23-13-19(20,21)22)18-10-8-15(12-18)9-11-18;1-2/h4-7,15,17H,2-3,8-13H2,1H3;1-2H3. The van der Waals surface area contributed by atoms with E-state index in [4.69, 9.17) is 9.47 Å². The van der Waals surface area contributed by atoms with E-state index in [0.717, 1.165) is 44.9 Å². The van der Waals surface area contributed by atoms with Gasteiger partial charge >= 0.3 is 6.18 Å². The smallest absolute Gasteiger partial charge is 0.411 e. The predicted molar refractivity (Wildman–Crippen MR) is 97.2 cm³/mol. The summed E-state index contributed by atoms with van der Waals surface area (Å²) < 4.78 is 49.1. The number of alkyl halides is 3. The van der Waals surface area contributed by atoms with Gasteiger partial charge in [0.15, 0.2) is 0 Å². The second-order valence-electron chi connectivity index (χ2n) is 7.28. The molecule has 2 fully saturated rings. The summed E-state index contributed by atoms with van der Waals surface area (Å²) in [5, 5.41) is 0. The second-order valence-corrected chi connectivity index (χ2v) is 7.28. The molecule has 0 amide bonds. The van der Waals surface area contributed by atoms with Gasteiger partial charge in [0, 0.05) is 5.41 Å². The summed E-state index contributed by atoms with van der Waals surface area (Å²) in [7, 11) is 0. The zero-order valence-electron chi connectivity index (χ0n) is 16.1. The molecule has 3 rings (SSSR count). The Morgan fingerprint density at radius 3 is 2.19 bits per heavy atom. The van der Waals surface area contributed by atoms with Gasteiger partial charge in [0.25, 0.3) is 0 Å². The first kappa shape index (κ1) is 21.1. The van der Waals surface area contributed by atoms with E-state index >= 15 is 0 Å². The largest absolute Gasteiger partial charge is 0.464 e. The summed E-state index contributed by atoms with van der Waals surface area (Å²) in [5.41, 5.74) is 0.954. The SMILES string of the molecule is CC.CCCc1ccc(OC(OCC(F)(F)F)C23CCC(CC2)C3)cc1. The van der Waals surface area contributed by atoms with Gasteiger partial charge in [0.2, 0.25) is 6.29 Å². The lowest BCUT2D eigenvalue weighted by atomic mass is 9.83. The quantitative estimate of drug-likeness (QED) is 0.507.